The number of carbonyl (C=O) groups excluding carboxylic acids is 2. The fourth-order valence-electron chi connectivity index (χ4n) is 2.17. The van der Waals surface area contributed by atoms with E-state index in [4.69, 9.17) is 5.11 Å². The third-order valence-electron chi connectivity index (χ3n) is 3.28. The summed E-state index contributed by atoms with van der Waals surface area (Å²) >= 11 is 0. The molecular formula is C16H19F3N2O4. The van der Waals surface area contributed by atoms with Crippen LogP contribution >= 0.6 is 0 Å². The monoisotopic (exact) mass is 360 g/mol. The van der Waals surface area contributed by atoms with Crippen LogP contribution < -0.4 is 5.32 Å². The van der Waals surface area contributed by atoms with Crippen molar-refractivity contribution in [3.8, 4) is 0 Å². The number of anilines is 1. The van der Waals surface area contributed by atoms with E-state index in [0.29, 0.717) is 6.07 Å². The Kier molecular flexibility index (Phi) is 6.55. The second-order valence-corrected chi connectivity index (χ2v) is 5.71. The lowest BCUT2D eigenvalue weighted by Gasteiger charge is -2.26. The Bertz CT molecular complexity index is 672. The van der Waals surface area contributed by atoms with Crippen LogP contribution in [0.3, 0.4) is 0 Å². The molecule has 0 heterocycles. The van der Waals surface area contributed by atoms with Crippen LogP contribution in [0.5, 0.6) is 0 Å². The maximum Gasteiger partial charge on any atom is 0.416 e. The number of carbonyl (C=O) groups is 3. The van der Waals surface area contributed by atoms with Gasteiger partial charge < -0.3 is 15.3 Å². The van der Waals surface area contributed by atoms with E-state index < -0.39 is 35.6 Å². The van der Waals surface area contributed by atoms with Gasteiger partial charge in [0.15, 0.2) is 0 Å². The predicted octanol–water partition coefficient (Wildman–Crippen LogP) is 2.99. The number of aliphatic carboxylic acids is 1. The summed E-state index contributed by atoms with van der Waals surface area (Å²) in [6.45, 7) is 4.25. The van der Waals surface area contributed by atoms with Crippen molar-refractivity contribution in [3.05, 3.63) is 29.3 Å². The van der Waals surface area contributed by atoms with Gasteiger partial charge in [0.05, 0.1) is 12.0 Å². The SMILES string of the molecule is CC(=O)Nc1cc(C(=O)N(CCC(=O)O)C(C)C)cc(C(F)(F)F)c1. The zero-order valence-electron chi connectivity index (χ0n) is 14.0. The third kappa shape index (κ3) is 6.09. The van der Waals surface area contributed by atoms with E-state index in [1.807, 2.05) is 0 Å². The molecule has 2 amide bonds. The van der Waals surface area contributed by atoms with Crippen LogP contribution in [0.15, 0.2) is 18.2 Å². The fraction of sp³-hybridized carbons (Fsp3) is 0.438. The molecule has 0 aliphatic heterocycles. The van der Waals surface area contributed by atoms with Gasteiger partial charge >= 0.3 is 12.1 Å². The molecule has 0 atom stereocenters. The third-order valence-corrected chi connectivity index (χ3v) is 3.28. The number of rotatable bonds is 6. The van der Waals surface area contributed by atoms with Gasteiger partial charge in [-0.15, -0.1) is 0 Å². The number of halogens is 3. The first-order valence-corrected chi connectivity index (χ1v) is 7.44. The van der Waals surface area contributed by atoms with Crippen molar-refractivity contribution in [2.75, 3.05) is 11.9 Å². The molecule has 0 aliphatic rings. The van der Waals surface area contributed by atoms with Crippen molar-refractivity contribution in [2.45, 2.75) is 39.4 Å². The van der Waals surface area contributed by atoms with Crippen LogP contribution in [0.25, 0.3) is 0 Å². The van der Waals surface area contributed by atoms with Gasteiger partial charge in [-0.3, -0.25) is 14.4 Å². The first kappa shape index (κ1) is 20.5. The molecule has 0 spiro atoms. The number of hydrogen-bond donors (Lipinski definition) is 2. The second-order valence-electron chi connectivity index (χ2n) is 5.71. The van der Waals surface area contributed by atoms with Crippen molar-refractivity contribution in [3.63, 3.8) is 0 Å². The molecule has 6 nitrogen and oxygen atoms in total. The molecule has 138 valence electrons. The van der Waals surface area contributed by atoms with Gasteiger partial charge in [-0.2, -0.15) is 13.2 Å². The van der Waals surface area contributed by atoms with Gasteiger partial charge in [0, 0.05) is 30.8 Å². The van der Waals surface area contributed by atoms with Crippen molar-refractivity contribution in [2.24, 2.45) is 0 Å². The Morgan fingerprint density at radius 3 is 2.24 bits per heavy atom. The van der Waals surface area contributed by atoms with Crippen molar-refractivity contribution in [1.82, 2.24) is 4.90 Å². The van der Waals surface area contributed by atoms with E-state index in [1.54, 1.807) is 13.8 Å². The molecule has 0 bridgehead atoms. The lowest BCUT2D eigenvalue weighted by Crippen LogP contribution is -2.38. The van der Waals surface area contributed by atoms with Crippen molar-refractivity contribution < 1.29 is 32.7 Å². The Morgan fingerprint density at radius 2 is 1.80 bits per heavy atom. The van der Waals surface area contributed by atoms with Gasteiger partial charge in [0.1, 0.15) is 0 Å². The molecular weight excluding hydrogens is 341 g/mol. The number of hydrogen-bond acceptors (Lipinski definition) is 3. The van der Waals surface area contributed by atoms with Gasteiger partial charge in [-0.05, 0) is 32.0 Å². The topological polar surface area (TPSA) is 86.7 Å². The highest BCUT2D eigenvalue weighted by Crippen LogP contribution is 2.32. The maximum absolute atomic E-state index is 13.0. The zero-order valence-corrected chi connectivity index (χ0v) is 14.0. The minimum absolute atomic E-state index is 0.141. The Hall–Kier alpha value is -2.58. The molecule has 1 aromatic carbocycles. The van der Waals surface area contributed by atoms with Crippen LogP contribution in [0.1, 0.15) is 43.1 Å². The number of nitrogens with zero attached hydrogens (tertiary/aromatic N) is 1. The van der Waals surface area contributed by atoms with E-state index in [1.165, 1.54) is 4.90 Å². The molecule has 0 aliphatic carbocycles. The Morgan fingerprint density at radius 1 is 1.20 bits per heavy atom. The highest BCUT2D eigenvalue weighted by molar-refractivity contribution is 5.97. The number of amides is 2. The number of carboxylic acid groups (broad SMARTS) is 1. The standard InChI is InChI=1S/C16H19F3N2O4/c1-9(2)21(5-4-14(23)24)15(25)11-6-12(16(17,18)19)8-13(7-11)20-10(3)22/h6-9H,4-5H2,1-3H3,(H,20,22)(H,23,24). The normalized spacial score (nSPS) is 11.3. The van der Waals surface area contributed by atoms with Crippen LogP contribution in [0.4, 0.5) is 18.9 Å². The molecule has 2 N–H and O–H groups in total. The summed E-state index contributed by atoms with van der Waals surface area (Å²) in [4.78, 5) is 35.6. The summed E-state index contributed by atoms with van der Waals surface area (Å²) < 4.78 is 39.1. The molecule has 0 saturated carbocycles. The van der Waals surface area contributed by atoms with Gasteiger partial charge in [-0.25, -0.2) is 0 Å². The van der Waals surface area contributed by atoms with Gasteiger partial charge in [0.25, 0.3) is 5.91 Å². The summed E-state index contributed by atoms with van der Waals surface area (Å²) in [5.41, 5.74) is -1.52. The zero-order chi connectivity index (χ0) is 19.4. The summed E-state index contributed by atoms with van der Waals surface area (Å²) in [5.74, 6) is -2.44. The summed E-state index contributed by atoms with van der Waals surface area (Å²) in [7, 11) is 0. The highest BCUT2D eigenvalue weighted by Gasteiger charge is 2.32. The molecule has 0 aromatic heterocycles. The van der Waals surface area contributed by atoms with Crippen LogP contribution in [0.2, 0.25) is 0 Å². The summed E-state index contributed by atoms with van der Waals surface area (Å²) in [6.07, 6.45) is -5.03. The molecule has 0 unspecified atom stereocenters. The fourth-order valence-corrected chi connectivity index (χ4v) is 2.17. The van der Waals surface area contributed by atoms with Crippen molar-refractivity contribution >= 4 is 23.5 Å². The average molecular weight is 360 g/mol. The molecule has 9 heteroatoms. The minimum Gasteiger partial charge on any atom is -0.481 e. The van der Waals surface area contributed by atoms with Crippen molar-refractivity contribution in [1.29, 1.82) is 0 Å². The largest absolute Gasteiger partial charge is 0.481 e. The number of nitrogens with one attached hydrogen (secondary N) is 1. The molecule has 0 fully saturated rings. The Balaban J connectivity index is 3.29. The Labute approximate surface area is 142 Å². The average Bonchev–Trinajstić information content (AvgIpc) is 2.44. The van der Waals surface area contributed by atoms with Gasteiger partial charge in [-0.1, -0.05) is 0 Å². The van der Waals surface area contributed by atoms with E-state index in [2.05, 4.69) is 5.32 Å². The van der Waals surface area contributed by atoms with Gasteiger partial charge in [0.2, 0.25) is 5.91 Å². The quantitative estimate of drug-likeness (QED) is 0.817. The highest BCUT2D eigenvalue weighted by atomic mass is 19.4. The van der Waals surface area contributed by atoms with E-state index in [0.717, 1.165) is 19.1 Å². The predicted molar refractivity (Wildman–Crippen MR) is 84.2 cm³/mol. The molecule has 25 heavy (non-hydrogen) atoms. The maximum atomic E-state index is 13.0. The number of benzene rings is 1. The number of carboxylic acids is 1. The summed E-state index contributed by atoms with van der Waals surface area (Å²) in [6, 6.07) is 2.14. The van der Waals surface area contributed by atoms with E-state index in [-0.39, 0.29) is 24.2 Å². The van der Waals surface area contributed by atoms with E-state index >= 15 is 0 Å². The minimum atomic E-state index is -4.70. The molecule has 0 saturated heterocycles. The number of alkyl halides is 3. The molecule has 1 rings (SSSR count). The van der Waals surface area contributed by atoms with E-state index in [9.17, 15) is 27.6 Å². The first-order valence-electron chi connectivity index (χ1n) is 7.44. The molecule has 1 aromatic rings. The summed E-state index contributed by atoms with van der Waals surface area (Å²) in [5, 5.41) is 11.0. The lowest BCUT2D eigenvalue weighted by atomic mass is 10.1. The van der Waals surface area contributed by atoms with Crippen LogP contribution in [0, 0.1) is 0 Å². The smallest absolute Gasteiger partial charge is 0.416 e. The molecule has 0 radical (unpaired) electrons. The lowest BCUT2D eigenvalue weighted by molar-refractivity contribution is -0.138. The van der Waals surface area contributed by atoms with Crippen LogP contribution in [-0.2, 0) is 15.8 Å². The first-order chi connectivity index (χ1) is 11.4. The van der Waals surface area contributed by atoms with Crippen LogP contribution in [-0.4, -0.2) is 40.4 Å². The second kappa shape index (κ2) is 8.00.